The van der Waals surface area contributed by atoms with E-state index in [0.29, 0.717) is 6.04 Å². The van der Waals surface area contributed by atoms with Gasteiger partial charge in [0.1, 0.15) is 5.82 Å². The Bertz CT molecular complexity index is 645. The highest BCUT2D eigenvalue weighted by molar-refractivity contribution is 7.80. The van der Waals surface area contributed by atoms with Crippen LogP contribution in [0.1, 0.15) is 11.1 Å². The maximum atomic E-state index is 13.3. The summed E-state index contributed by atoms with van der Waals surface area (Å²) in [6.07, 6.45) is 1.77. The largest absolute Gasteiger partial charge is 0.360 e. The SMILES string of the molecule is Fc1cccc(CCN2C(=S)NC[C@@H]2Cc2ccccc2)c1. The molecule has 114 valence electrons. The van der Waals surface area contributed by atoms with Crippen LogP contribution in [0.2, 0.25) is 0 Å². The topological polar surface area (TPSA) is 15.3 Å². The van der Waals surface area contributed by atoms with Crippen molar-refractivity contribution in [3.8, 4) is 0 Å². The molecule has 0 bridgehead atoms. The lowest BCUT2D eigenvalue weighted by molar-refractivity contribution is 0.353. The second-order valence-electron chi connectivity index (χ2n) is 5.60. The number of benzene rings is 2. The maximum Gasteiger partial charge on any atom is 0.169 e. The van der Waals surface area contributed by atoms with Crippen LogP contribution in [0, 0.1) is 5.82 Å². The first-order valence-electron chi connectivity index (χ1n) is 7.55. The fourth-order valence-electron chi connectivity index (χ4n) is 2.88. The van der Waals surface area contributed by atoms with E-state index < -0.39 is 0 Å². The van der Waals surface area contributed by atoms with Crippen LogP contribution in [0.15, 0.2) is 54.6 Å². The summed E-state index contributed by atoms with van der Waals surface area (Å²) in [5.41, 5.74) is 2.32. The van der Waals surface area contributed by atoms with Crippen LogP contribution in [0.4, 0.5) is 4.39 Å². The Morgan fingerprint density at radius 1 is 1.09 bits per heavy atom. The molecule has 0 aromatic heterocycles. The third-order valence-corrected chi connectivity index (χ3v) is 4.41. The summed E-state index contributed by atoms with van der Waals surface area (Å²) in [5.74, 6) is -0.180. The van der Waals surface area contributed by atoms with Crippen molar-refractivity contribution in [1.29, 1.82) is 0 Å². The molecule has 22 heavy (non-hydrogen) atoms. The monoisotopic (exact) mass is 314 g/mol. The molecule has 1 N–H and O–H groups in total. The molecular weight excluding hydrogens is 295 g/mol. The molecule has 0 unspecified atom stereocenters. The van der Waals surface area contributed by atoms with Crippen molar-refractivity contribution in [2.24, 2.45) is 0 Å². The average Bonchev–Trinajstić information content (AvgIpc) is 2.87. The number of rotatable bonds is 5. The number of nitrogens with zero attached hydrogens (tertiary/aromatic N) is 1. The Balaban J connectivity index is 1.64. The van der Waals surface area contributed by atoms with Gasteiger partial charge >= 0.3 is 0 Å². The molecule has 2 aromatic carbocycles. The smallest absolute Gasteiger partial charge is 0.169 e. The Labute approximate surface area is 136 Å². The lowest BCUT2D eigenvalue weighted by Crippen LogP contribution is -2.37. The molecule has 0 aliphatic carbocycles. The van der Waals surface area contributed by atoms with E-state index in [2.05, 4.69) is 34.5 Å². The molecule has 2 aromatic rings. The van der Waals surface area contributed by atoms with E-state index in [1.807, 2.05) is 12.1 Å². The summed E-state index contributed by atoms with van der Waals surface area (Å²) in [4.78, 5) is 2.23. The van der Waals surface area contributed by atoms with Crippen LogP contribution in [0.25, 0.3) is 0 Å². The van der Waals surface area contributed by atoms with Gasteiger partial charge in [0.2, 0.25) is 0 Å². The fourth-order valence-corrected chi connectivity index (χ4v) is 3.20. The molecule has 1 atom stereocenters. The molecule has 1 heterocycles. The Kier molecular flexibility index (Phi) is 4.68. The molecule has 0 saturated carbocycles. The number of halogens is 1. The van der Waals surface area contributed by atoms with Crippen molar-refractivity contribution in [2.75, 3.05) is 13.1 Å². The third kappa shape index (κ3) is 3.63. The highest BCUT2D eigenvalue weighted by Gasteiger charge is 2.27. The Morgan fingerprint density at radius 3 is 2.64 bits per heavy atom. The molecule has 3 rings (SSSR count). The molecular formula is C18H19FN2S. The molecule has 0 radical (unpaired) electrons. The van der Waals surface area contributed by atoms with Gasteiger partial charge in [0.15, 0.2) is 5.11 Å². The average molecular weight is 314 g/mol. The van der Waals surface area contributed by atoms with Crippen LogP contribution in [0.5, 0.6) is 0 Å². The number of thiocarbonyl (C=S) groups is 1. The molecule has 2 nitrogen and oxygen atoms in total. The number of hydrogen-bond donors (Lipinski definition) is 1. The highest BCUT2D eigenvalue weighted by atomic mass is 32.1. The second-order valence-corrected chi connectivity index (χ2v) is 5.99. The van der Waals surface area contributed by atoms with E-state index in [9.17, 15) is 4.39 Å². The van der Waals surface area contributed by atoms with E-state index in [1.165, 1.54) is 11.6 Å². The van der Waals surface area contributed by atoms with Gasteiger partial charge in [-0.1, -0.05) is 42.5 Å². The van der Waals surface area contributed by atoms with Gasteiger partial charge in [0.05, 0.1) is 6.04 Å². The second kappa shape index (κ2) is 6.88. The molecule has 1 aliphatic rings. The van der Waals surface area contributed by atoms with E-state index in [4.69, 9.17) is 12.2 Å². The maximum absolute atomic E-state index is 13.3. The van der Waals surface area contributed by atoms with Crippen LogP contribution in [0.3, 0.4) is 0 Å². The van der Waals surface area contributed by atoms with E-state index in [1.54, 1.807) is 12.1 Å². The summed E-state index contributed by atoms with van der Waals surface area (Å²) in [6.45, 7) is 1.68. The molecule has 1 fully saturated rings. The molecule has 1 aliphatic heterocycles. The normalized spacial score (nSPS) is 17.6. The Morgan fingerprint density at radius 2 is 1.86 bits per heavy atom. The zero-order chi connectivity index (χ0) is 15.4. The molecule has 4 heteroatoms. The van der Waals surface area contributed by atoms with Crippen molar-refractivity contribution in [3.05, 3.63) is 71.5 Å². The van der Waals surface area contributed by atoms with E-state index in [0.717, 1.165) is 36.6 Å². The van der Waals surface area contributed by atoms with E-state index in [-0.39, 0.29) is 5.82 Å². The van der Waals surface area contributed by atoms with Crippen molar-refractivity contribution in [1.82, 2.24) is 10.2 Å². The van der Waals surface area contributed by atoms with Crippen LogP contribution < -0.4 is 5.32 Å². The molecule has 1 saturated heterocycles. The van der Waals surface area contributed by atoms with E-state index >= 15 is 0 Å². The molecule has 0 amide bonds. The zero-order valence-corrected chi connectivity index (χ0v) is 13.2. The van der Waals surface area contributed by atoms with Crippen molar-refractivity contribution < 1.29 is 4.39 Å². The first-order valence-corrected chi connectivity index (χ1v) is 7.96. The van der Waals surface area contributed by atoms with Gasteiger partial charge in [-0.25, -0.2) is 4.39 Å². The quantitative estimate of drug-likeness (QED) is 0.854. The highest BCUT2D eigenvalue weighted by Crippen LogP contribution is 2.15. The summed E-state index contributed by atoms with van der Waals surface area (Å²) in [7, 11) is 0. The van der Waals surface area contributed by atoms with Crippen molar-refractivity contribution >= 4 is 17.3 Å². The van der Waals surface area contributed by atoms with Gasteiger partial charge < -0.3 is 10.2 Å². The summed E-state index contributed by atoms with van der Waals surface area (Å²) >= 11 is 5.42. The first-order chi connectivity index (χ1) is 10.7. The predicted octanol–water partition coefficient (Wildman–Crippen LogP) is 3.17. The lowest BCUT2D eigenvalue weighted by Gasteiger charge is -2.25. The predicted molar refractivity (Wildman–Crippen MR) is 91.3 cm³/mol. The third-order valence-electron chi connectivity index (χ3n) is 4.04. The van der Waals surface area contributed by atoms with Gasteiger partial charge in [-0.15, -0.1) is 0 Å². The van der Waals surface area contributed by atoms with Gasteiger partial charge in [-0.3, -0.25) is 0 Å². The van der Waals surface area contributed by atoms with Gasteiger partial charge in [-0.2, -0.15) is 0 Å². The lowest BCUT2D eigenvalue weighted by atomic mass is 10.1. The first kappa shape index (κ1) is 15.0. The zero-order valence-electron chi connectivity index (χ0n) is 12.3. The Hall–Kier alpha value is -1.94. The van der Waals surface area contributed by atoms with Crippen LogP contribution in [-0.4, -0.2) is 29.1 Å². The van der Waals surface area contributed by atoms with Crippen molar-refractivity contribution in [3.63, 3.8) is 0 Å². The fraction of sp³-hybridized carbons (Fsp3) is 0.278. The van der Waals surface area contributed by atoms with Gasteiger partial charge in [0.25, 0.3) is 0 Å². The minimum Gasteiger partial charge on any atom is -0.360 e. The summed E-state index contributed by atoms with van der Waals surface area (Å²) < 4.78 is 13.3. The standard InChI is InChI=1S/C18H19FN2S/c19-16-8-4-7-15(11-16)9-10-21-17(13-20-18(21)22)12-14-5-2-1-3-6-14/h1-8,11,17H,9-10,12-13H2,(H,20,22)/t17-/m0/s1. The minimum absolute atomic E-state index is 0.180. The summed E-state index contributed by atoms with van der Waals surface area (Å²) in [5, 5.41) is 4.07. The van der Waals surface area contributed by atoms with Crippen LogP contribution in [-0.2, 0) is 12.8 Å². The van der Waals surface area contributed by atoms with Crippen LogP contribution >= 0.6 is 12.2 Å². The summed E-state index contributed by atoms with van der Waals surface area (Å²) in [6, 6.07) is 17.6. The van der Waals surface area contributed by atoms with Gasteiger partial charge in [0, 0.05) is 13.1 Å². The molecule has 0 spiro atoms. The van der Waals surface area contributed by atoms with Gasteiger partial charge in [-0.05, 0) is 48.3 Å². The number of nitrogens with one attached hydrogen (secondary N) is 1. The minimum atomic E-state index is -0.180. The number of hydrogen-bond acceptors (Lipinski definition) is 1. The van der Waals surface area contributed by atoms with Crippen molar-refractivity contribution in [2.45, 2.75) is 18.9 Å².